The summed E-state index contributed by atoms with van der Waals surface area (Å²) in [5.41, 5.74) is 0.654. The first-order valence-corrected chi connectivity index (χ1v) is 4.61. The van der Waals surface area contributed by atoms with Gasteiger partial charge in [0.05, 0.1) is 6.20 Å². The average molecular weight is 223 g/mol. The maximum absolute atomic E-state index is 11.5. The molecule has 1 amide bonds. The van der Waals surface area contributed by atoms with Crippen LogP contribution in [0.1, 0.15) is 10.6 Å². The average Bonchev–Trinajstić information content (AvgIpc) is 2.74. The summed E-state index contributed by atoms with van der Waals surface area (Å²) in [7, 11) is 0. The molecule has 2 rings (SSSR count). The summed E-state index contributed by atoms with van der Waals surface area (Å²) in [6.07, 6.45) is 1.41. The third-order valence-corrected chi connectivity index (χ3v) is 2.02. The second-order valence-corrected chi connectivity index (χ2v) is 3.27. The zero-order valence-corrected chi connectivity index (χ0v) is 8.36. The first-order valence-electron chi connectivity index (χ1n) is 4.23. The number of benzene rings is 1. The Balaban J connectivity index is 2.09. The highest BCUT2D eigenvalue weighted by Crippen LogP contribution is 2.14. The van der Waals surface area contributed by atoms with Crippen LogP contribution in [0.4, 0.5) is 5.69 Å². The zero-order chi connectivity index (χ0) is 10.7. The van der Waals surface area contributed by atoms with Crippen LogP contribution >= 0.6 is 11.6 Å². The molecule has 2 aromatic rings. The predicted molar refractivity (Wildman–Crippen MR) is 55.9 cm³/mol. The molecule has 76 valence electrons. The lowest BCUT2D eigenvalue weighted by molar-refractivity contribution is 0.0988. The van der Waals surface area contributed by atoms with E-state index in [1.165, 1.54) is 12.3 Å². The Hall–Kier alpha value is -1.81. The van der Waals surface area contributed by atoms with Crippen molar-refractivity contribution in [3.8, 4) is 0 Å². The van der Waals surface area contributed by atoms with Gasteiger partial charge in [-0.3, -0.25) is 4.79 Å². The van der Waals surface area contributed by atoms with E-state index in [4.69, 9.17) is 16.1 Å². The largest absolute Gasteiger partial charge is 0.351 e. The van der Waals surface area contributed by atoms with Crippen LogP contribution in [0.2, 0.25) is 5.02 Å². The molecule has 15 heavy (non-hydrogen) atoms. The van der Waals surface area contributed by atoms with Crippen LogP contribution in [0, 0.1) is 0 Å². The molecule has 1 heterocycles. The van der Waals surface area contributed by atoms with Crippen molar-refractivity contribution in [2.45, 2.75) is 0 Å². The van der Waals surface area contributed by atoms with Crippen molar-refractivity contribution in [1.82, 2.24) is 5.16 Å². The topological polar surface area (TPSA) is 55.1 Å². The molecule has 1 N–H and O–H groups in total. The fraction of sp³-hybridized carbons (Fsp3) is 0. The van der Waals surface area contributed by atoms with Crippen molar-refractivity contribution in [2.24, 2.45) is 0 Å². The van der Waals surface area contributed by atoms with Crippen molar-refractivity contribution in [2.75, 3.05) is 5.32 Å². The van der Waals surface area contributed by atoms with Crippen molar-refractivity contribution >= 4 is 23.2 Å². The van der Waals surface area contributed by atoms with Crippen molar-refractivity contribution in [3.63, 3.8) is 0 Å². The normalized spacial score (nSPS) is 9.93. The number of amides is 1. The summed E-state index contributed by atoms with van der Waals surface area (Å²) in [5.74, 6) is -0.167. The summed E-state index contributed by atoms with van der Waals surface area (Å²) in [6.45, 7) is 0. The van der Waals surface area contributed by atoms with E-state index in [-0.39, 0.29) is 11.7 Å². The molecule has 0 atom stereocenters. The van der Waals surface area contributed by atoms with E-state index in [1.54, 1.807) is 24.3 Å². The van der Waals surface area contributed by atoms with Crippen LogP contribution in [0.15, 0.2) is 41.1 Å². The quantitative estimate of drug-likeness (QED) is 0.850. The Kier molecular flexibility index (Phi) is 2.69. The highest BCUT2D eigenvalue weighted by molar-refractivity contribution is 6.30. The predicted octanol–water partition coefficient (Wildman–Crippen LogP) is 2.58. The highest BCUT2D eigenvalue weighted by atomic mass is 35.5. The molecule has 0 fully saturated rings. The highest BCUT2D eigenvalue weighted by Gasteiger charge is 2.09. The minimum absolute atomic E-state index is 0.171. The Bertz CT molecular complexity index is 451. The molecule has 0 radical (unpaired) electrons. The molecule has 1 aromatic heterocycles. The van der Waals surface area contributed by atoms with Gasteiger partial charge in [-0.25, -0.2) is 0 Å². The fourth-order valence-corrected chi connectivity index (χ4v) is 1.18. The summed E-state index contributed by atoms with van der Waals surface area (Å²) < 4.78 is 4.70. The number of anilines is 1. The van der Waals surface area contributed by atoms with E-state index in [0.717, 1.165) is 0 Å². The Morgan fingerprint density at radius 1 is 1.27 bits per heavy atom. The number of halogens is 1. The van der Waals surface area contributed by atoms with Crippen LogP contribution in [0.3, 0.4) is 0 Å². The van der Waals surface area contributed by atoms with Crippen LogP contribution in [0.25, 0.3) is 0 Å². The van der Waals surface area contributed by atoms with Crippen molar-refractivity contribution in [3.05, 3.63) is 47.3 Å². The van der Waals surface area contributed by atoms with Gasteiger partial charge in [0.15, 0.2) is 0 Å². The van der Waals surface area contributed by atoms with Gasteiger partial charge in [-0.15, -0.1) is 0 Å². The number of carbonyl (C=O) groups is 1. The SMILES string of the molecule is O=C(Nc1ccc(Cl)cc1)c1ccno1. The molecule has 0 saturated heterocycles. The lowest BCUT2D eigenvalue weighted by atomic mass is 10.3. The van der Waals surface area contributed by atoms with Gasteiger partial charge in [-0.1, -0.05) is 16.8 Å². The van der Waals surface area contributed by atoms with Gasteiger partial charge in [0.25, 0.3) is 5.91 Å². The van der Waals surface area contributed by atoms with E-state index in [9.17, 15) is 4.79 Å². The van der Waals surface area contributed by atoms with Gasteiger partial charge in [-0.05, 0) is 24.3 Å². The maximum atomic E-state index is 11.5. The molecule has 0 saturated carbocycles. The van der Waals surface area contributed by atoms with Crippen LogP contribution in [0.5, 0.6) is 0 Å². The first-order chi connectivity index (χ1) is 7.25. The summed E-state index contributed by atoms with van der Waals surface area (Å²) >= 11 is 5.71. The molecule has 0 aliphatic rings. The lowest BCUT2D eigenvalue weighted by Crippen LogP contribution is -2.10. The van der Waals surface area contributed by atoms with Crippen molar-refractivity contribution in [1.29, 1.82) is 0 Å². The van der Waals surface area contributed by atoms with Gasteiger partial charge >= 0.3 is 0 Å². The number of hydrogen-bond acceptors (Lipinski definition) is 3. The molecule has 4 nitrogen and oxygen atoms in total. The minimum Gasteiger partial charge on any atom is -0.351 e. The smallest absolute Gasteiger partial charge is 0.294 e. The second-order valence-electron chi connectivity index (χ2n) is 2.84. The van der Waals surface area contributed by atoms with Crippen LogP contribution in [-0.2, 0) is 0 Å². The number of nitrogens with one attached hydrogen (secondary N) is 1. The lowest BCUT2D eigenvalue weighted by Gasteiger charge is -2.01. The molecule has 0 aliphatic carbocycles. The molecule has 0 unspecified atom stereocenters. The van der Waals surface area contributed by atoms with E-state index in [1.807, 2.05) is 0 Å². The number of aromatic nitrogens is 1. The molecule has 0 bridgehead atoms. The third-order valence-electron chi connectivity index (χ3n) is 1.76. The van der Waals surface area contributed by atoms with E-state index >= 15 is 0 Å². The van der Waals surface area contributed by atoms with Gasteiger partial charge in [-0.2, -0.15) is 0 Å². The Morgan fingerprint density at radius 3 is 2.60 bits per heavy atom. The van der Waals surface area contributed by atoms with E-state index < -0.39 is 0 Å². The van der Waals surface area contributed by atoms with Crippen molar-refractivity contribution < 1.29 is 9.32 Å². The third kappa shape index (κ3) is 2.35. The summed E-state index contributed by atoms with van der Waals surface area (Å²) in [4.78, 5) is 11.5. The molecule has 0 spiro atoms. The van der Waals surface area contributed by atoms with E-state index in [0.29, 0.717) is 10.7 Å². The molecular formula is C10H7ClN2O2. The molecule has 0 aliphatic heterocycles. The van der Waals surface area contributed by atoms with Gasteiger partial charge in [0.2, 0.25) is 5.76 Å². The number of hydrogen-bond donors (Lipinski definition) is 1. The fourth-order valence-electron chi connectivity index (χ4n) is 1.06. The van der Waals surface area contributed by atoms with E-state index in [2.05, 4.69) is 10.5 Å². The number of nitrogens with zero attached hydrogens (tertiary/aromatic N) is 1. The van der Waals surface area contributed by atoms with Crippen LogP contribution < -0.4 is 5.32 Å². The second kappa shape index (κ2) is 4.14. The summed E-state index contributed by atoms with van der Waals surface area (Å²) in [6, 6.07) is 8.29. The maximum Gasteiger partial charge on any atom is 0.294 e. The Labute approximate surface area is 90.8 Å². The summed E-state index contributed by atoms with van der Waals surface area (Å²) in [5, 5.41) is 6.70. The molecule has 1 aromatic carbocycles. The monoisotopic (exact) mass is 222 g/mol. The minimum atomic E-state index is -0.338. The first kappa shape index (κ1) is 9.73. The van der Waals surface area contributed by atoms with Gasteiger partial charge in [0, 0.05) is 16.8 Å². The Morgan fingerprint density at radius 2 is 2.00 bits per heavy atom. The molecular weight excluding hydrogens is 216 g/mol. The van der Waals surface area contributed by atoms with Crippen LogP contribution in [-0.4, -0.2) is 11.1 Å². The number of rotatable bonds is 2. The number of carbonyl (C=O) groups excluding carboxylic acids is 1. The van der Waals surface area contributed by atoms with Gasteiger partial charge in [0.1, 0.15) is 0 Å². The standard InChI is InChI=1S/C10H7ClN2O2/c11-7-1-3-8(4-2-7)13-10(14)9-5-6-12-15-9/h1-6H,(H,13,14). The zero-order valence-electron chi connectivity index (χ0n) is 7.61. The van der Waals surface area contributed by atoms with Gasteiger partial charge < -0.3 is 9.84 Å². The molecule has 5 heteroatoms.